The van der Waals surface area contributed by atoms with Crippen molar-refractivity contribution < 1.29 is 13.9 Å². The number of pyridine rings is 1. The normalized spacial score (nSPS) is 24.6. The first kappa shape index (κ1) is 16.3. The summed E-state index contributed by atoms with van der Waals surface area (Å²) in [6.07, 6.45) is 6.07. The van der Waals surface area contributed by atoms with Gasteiger partial charge in [0.15, 0.2) is 0 Å². The Morgan fingerprint density at radius 3 is 3.00 bits per heavy atom. The number of carbonyl (C=O) groups is 1. The van der Waals surface area contributed by atoms with Gasteiger partial charge in [-0.1, -0.05) is 0 Å². The summed E-state index contributed by atoms with van der Waals surface area (Å²) in [5.74, 6) is 1.03. The molecule has 25 heavy (non-hydrogen) atoms. The SMILES string of the molecule is O=C(c1cccnc1)N1CCOCC2(CCN(Cc3ccco3)C2)C1. The molecule has 1 atom stereocenters. The van der Waals surface area contributed by atoms with E-state index in [1.807, 2.05) is 23.1 Å². The molecule has 0 aromatic carbocycles. The fraction of sp³-hybridized carbons (Fsp3) is 0.474. The van der Waals surface area contributed by atoms with Gasteiger partial charge in [-0.3, -0.25) is 14.7 Å². The van der Waals surface area contributed by atoms with E-state index in [4.69, 9.17) is 9.15 Å². The van der Waals surface area contributed by atoms with Gasteiger partial charge in [0.25, 0.3) is 5.91 Å². The zero-order valence-electron chi connectivity index (χ0n) is 14.3. The second kappa shape index (κ2) is 6.98. The first-order chi connectivity index (χ1) is 12.2. The molecule has 1 unspecified atom stereocenters. The van der Waals surface area contributed by atoms with Crippen molar-refractivity contribution in [2.75, 3.05) is 39.4 Å². The summed E-state index contributed by atoms with van der Waals surface area (Å²) in [7, 11) is 0. The number of aromatic nitrogens is 1. The topological polar surface area (TPSA) is 58.8 Å². The summed E-state index contributed by atoms with van der Waals surface area (Å²) in [6, 6.07) is 7.56. The molecule has 2 aromatic rings. The maximum absolute atomic E-state index is 12.8. The van der Waals surface area contributed by atoms with Gasteiger partial charge in [-0.2, -0.15) is 0 Å². The molecule has 4 heterocycles. The molecule has 6 heteroatoms. The van der Waals surface area contributed by atoms with Gasteiger partial charge in [-0.05, 0) is 37.2 Å². The Morgan fingerprint density at radius 1 is 1.24 bits per heavy atom. The molecule has 2 aliphatic heterocycles. The zero-order valence-corrected chi connectivity index (χ0v) is 14.3. The third kappa shape index (κ3) is 3.60. The van der Waals surface area contributed by atoms with Crippen LogP contribution in [0.1, 0.15) is 22.5 Å². The van der Waals surface area contributed by atoms with Crippen LogP contribution in [-0.2, 0) is 11.3 Å². The first-order valence-corrected chi connectivity index (χ1v) is 8.76. The smallest absolute Gasteiger partial charge is 0.255 e. The number of amides is 1. The van der Waals surface area contributed by atoms with Crippen LogP contribution in [0.4, 0.5) is 0 Å². The summed E-state index contributed by atoms with van der Waals surface area (Å²) in [5.41, 5.74) is 0.644. The molecule has 0 N–H and O–H groups in total. The van der Waals surface area contributed by atoms with Gasteiger partial charge in [-0.25, -0.2) is 0 Å². The molecule has 4 rings (SSSR count). The lowest BCUT2D eigenvalue weighted by Gasteiger charge is -2.32. The van der Waals surface area contributed by atoms with Gasteiger partial charge < -0.3 is 14.1 Å². The average molecular weight is 341 g/mol. The largest absolute Gasteiger partial charge is 0.468 e. The van der Waals surface area contributed by atoms with Gasteiger partial charge in [-0.15, -0.1) is 0 Å². The lowest BCUT2D eigenvalue weighted by Crippen LogP contribution is -2.43. The van der Waals surface area contributed by atoms with Crippen LogP contribution in [0, 0.1) is 5.41 Å². The van der Waals surface area contributed by atoms with Crippen molar-refractivity contribution in [3.8, 4) is 0 Å². The zero-order chi connectivity index (χ0) is 17.1. The molecular formula is C19H23N3O3. The van der Waals surface area contributed by atoms with E-state index in [0.717, 1.165) is 38.4 Å². The summed E-state index contributed by atoms with van der Waals surface area (Å²) >= 11 is 0. The number of furan rings is 1. The third-order valence-corrected chi connectivity index (χ3v) is 5.11. The Hall–Kier alpha value is -2.18. The Balaban J connectivity index is 1.46. The van der Waals surface area contributed by atoms with Gasteiger partial charge in [0.05, 0.1) is 31.6 Å². The predicted octanol–water partition coefficient (Wildman–Crippen LogP) is 2.04. The fourth-order valence-electron chi connectivity index (χ4n) is 3.87. The Bertz CT molecular complexity index is 704. The molecule has 0 saturated carbocycles. The van der Waals surface area contributed by atoms with Crippen LogP contribution in [0.3, 0.4) is 0 Å². The number of rotatable bonds is 3. The van der Waals surface area contributed by atoms with Crippen molar-refractivity contribution in [2.45, 2.75) is 13.0 Å². The van der Waals surface area contributed by atoms with Crippen LogP contribution < -0.4 is 0 Å². The molecule has 2 fully saturated rings. The molecule has 1 amide bonds. The highest BCUT2D eigenvalue weighted by atomic mass is 16.5. The van der Waals surface area contributed by atoms with Crippen molar-refractivity contribution >= 4 is 5.91 Å². The van der Waals surface area contributed by atoms with E-state index in [1.54, 1.807) is 24.7 Å². The van der Waals surface area contributed by atoms with Crippen molar-refractivity contribution in [3.05, 3.63) is 54.2 Å². The van der Waals surface area contributed by atoms with E-state index in [0.29, 0.717) is 25.3 Å². The third-order valence-electron chi connectivity index (χ3n) is 5.11. The lowest BCUT2D eigenvalue weighted by molar-refractivity contribution is 0.0640. The van der Waals surface area contributed by atoms with Crippen molar-refractivity contribution in [2.24, 2.45) is 5.41 Å². The second-order valence-corrected chi connectivity index (χ2v) is 7.06. The minimum Gasteiger partial charge on any atom is -0.468 e. The van der Waals surface area contributed by atoms with Gasteiger partial charge in [0.2, 0.25) is 0 Å². The van der Waals surface area contributed by atoms with Crippen LogP contribution in [0.15, 0.2) is 47.3 Å². The Kier molecular flexibility index (Phi) is 4.55. The van der Waals surface area contributed by atoms with Gasteiger partial charge in [0, 0.05) is 37.4 Å². The van der Waals surface area contributed by atoms with Gasteiger partial charge >= 0.3 is 0 Å². The summed E-state index contributed by atoms with van der Waals surface area (Å²) in [5, 5.41) is 0. The quantitative estimate of drug-likeness (QED) is 0.855. The van der Waals surface area contributed by atoms with Crippen molar-refractivity contribution in [1.29, 1.82) is 0 Å². The maximum Gasteiger partial charge on any atom is 0.255 e. The number of likely N-dealkylation sites (tertiary alicyclic amines) is 1. The van der Waals surface area contributed by atoms with Crippen LogP contribution in [0.5, 0.6) is 0 Å². The number of nitrogens with zero attached hydrogens (tertiary/aromatic N) is 3. The van der Waals surface area contributed by atoms with E-state index in [1.165, 1.54) is 0 Å². The molecule has 132 valence electrons. The standard InChI is InChI=1S/C19H23N3O3/c23-18(16-3-1-6-20-11-16)22-8-10-24-15-19(14-22)5-7-21(13-19)12-17-4-2-9-25-17/h1-4,6,9,11H,5,7-8,10,12-15H2. The first-order valence-electron chi connectivity index (χ1n) is 8.76. The van der Waals surface area contributed by atoms with E-state index >= 15 is 0 Å². The monoisotopic (exact) mass is 341 g/mol. The molecular weight excluding hydrogens is 318 g/mol. The number of carbonyl (C=O) groups excluding carboxylic acids is 1. The number of ether oxygens (including phenoxy) is 1. The highest BCUT2D eigenvalue weighted by Crippen LogP contribution is 2.34. The number of hydrogen-bond acceptors (Lipinski definition) is 5. The van der Waals surface area contributed by atoms with E-state index in [2.05, 4.69) is 9.88 Å². The van der Waals surface area contributed by atoms with Gasteiger partial charge in [0.1, 0.15) is 5.76 Å². The average Bonchev–Trinajstić information content (AvgIpc) is 3.23. The molecule has 2 saturated heterocycles. The predicted molar refractivity (Wildman–Crippen MR) is 92.0 cm³/mol. The van der Waals surface area contributed by atoms with Crippen LogP contribution in [0.25, 0.3) is 0 Å². The Morgan fingerprint density at radius 2 is 2.20 bits per heavy atom. The molecule has 2 aliphatic rings. The van der Waals surface area contributed by atoms with E-state index in [9.17, 15) is 4.79 Å². The van der Waals surface area contributed by atoms with Crippen LogP contribution in [-0.4, -0.2) is 60.1 Å². The molecule has 0 bridgehead atoms. The fourth-order valence-corrected chi connectivity index (χ4v) is 3.87. The highest BCUT2D eigenvalue weighted by molar-refractivity contribution is 5.93. The van der Waals surface area contributed by atoms with Crippen molar-refractivity contribution in [3.63, 3.8) is 0 Å². The summed E-state index contributed by atoms with van der Waals surface area (Å²) in [6.45, 7) is 5.39. The van der Waals surface area contributed by atoms with Crippen LogP contribution in [0.2, 0.25) is 0 Å². The van der Waals surface area contributed by atoms with E-state index in [-0.39, 0.29) is 11.3 Å². The minimum absolute atomic E-state index is 0.000954. The maximum atomic E-state index is 12.8. The Labute approximate surface area is 147 Å². The van der Waals surface area contributed by atoms with E-state index < -0.39 is 0 Å². The molecule has 1 spiro atoms. The van der Waals surface area contributed by atoms with Crippen molar-refractivity contribution in [1.82, 2.24) is 14.8 Å². The summed E-state index contributed by atoms with van der Waals surface area (Å²) in [4.78, 5) is 21.2. The molecule has 0 radical (unpaired) electrons. The highest BCUT2D eigenvalue weighted by Gasteiger charge is 2.42. The molecule has 6 nitrogen and oxygen atoms in total. The minimum atomic E-state index is 0.000954. The second-order valence-electron chi connectivity index (χ2n) is 7.06. The number of hydrogen-bond donors (Lipinski definition) is 0. The summed E-state index contributed by atoms with van der Waals surface area (Å²) < 4.78 is 11.3. The molecule has 2 aromatic heterocycles. The van der Waals surface area contributed by atoms with Crippen LogP contribution >= 0.6 is 0 Å². The lowest BCUT2D eigenvalue weighted by atomic mass is 9.87. The molecule has 0 aliphatic carbocycles.